The van der Waals surface area contributed by atoms with Crippen LogP contribution in [0.5, 0.6) is 0 Å². The van der Waals surface area contributed by atoms with Crippen molar-refractivity contribution in [2.45, 2.75) is 38.1 Å². The molecule has 1 aliphatic carbocycles. The molecule has 0 spiro atoms. The van der Waals surface area contributed by atoms with Gasteiger partial charge in [0, 0.05) is 29.6 Å². The number of amides is 1. The van der Waals surface area contributed by atoms with E-state index in [4.69, 9.17) is 5.26 Å². The molecule has 2 heterocycles. The van der Waals surface area contributed by atoms with E-state index in [1.54, 1.807) is 13.8 Å². The number of rotatable bonds is 4. The second-order valence-electron chi connectivity index (χ2n) is 7.88. The van der Waals surface area contributed by atoms with Gasteiger partial charge in [0.05, 0.1) is 5.56 Å². The first-order valence-electron chi connectivity index (χ1n) is 9.72. The van der Waals surface area contributed by atoms with Crippen LogP contribution in [-0.4, -0.2) is 27.2 Å². The fraction of sp³-hybridized carbons (Fsp3) is 0.261. The van der Waals surface area contributed by atoms with E-state index in [1.807, 2.05) is 6.07 Å². The van der Waals surface area contributed by atoms with Gasteiger partial charge in [-0.15, -0.1) is 0 Å². The molecule has 1 aromatic carbocycles. The van der Waals surface area contributed by atoms with Crippen LogP contribution in [0.25, 0.3) is 10.9 Å². The van der Waals surface area contributed by atoms with E-state index in [-0.39, 0.29) is 16.8 Å². The predicted molar refractivity (Wildman–Crippen MR) is 110 cm³/mol. The number of benzene rings is 1. The van der Waals surface area contributed by atoms with E-state index >= 15 is 0 Å². The van der Waals surface area contributed by atoms with E-state index in [9.17, 15) is 18.4 Å². The summed E-state index contributed by atoms with van der Waals surface area (Å²) < 4.78 is 29.3. The van der Waals surface area contributed by atoms with Crippen LogP contribution >= 0.6 is 0 Å². The van der Waals surface area contributed by atoms with Crippen molar-refractivity contribution >= 4 is 23.5 Å². The Kier molecular flexibility index (Phi) is 4.77. The number of fused-ring (bicyclic) bond motifs is 1. The Hall–Kier alpha value is -3.73. The quantitative estimate of drug-likeness (QED) is 0.516. The first-order valence-corrected chi connectivity index (χ1v) is 9.72. The van der Waals surface area contributed by atoms with Gasteiger partial charge in [-0.25, -0.2) is 18.6 Å². The van der Waals surface area contributed by atoms with Crippen molar-refractivity contribution in [3.05, 3.63) is 74.8 Å². The van der Waals surface area contributed by atoms with Gasteiger partial charge < -0.3 is 4.98 Å². The fourth-order valence-corrected chi connectivity index (χ4v) is 4.11. The first kappa shape index (κ1) is 20.5. The molecule has 3 aromatic rings. The van der Waals surface area contributed by atoms with E-state index in [0.29, 0.717) is 29.3 Å². The molecule has 1 amide bonds. The molecule has 1 atom stereocenters. The summed E-state index contributed by atoms with van der Waals surface area (Å²) in [7, 11) is 0. The van der Waals surface area contributed by atoms with Crippen molar-refractivity contribution in [1.29, 1.82) is 5.26 Å². The zero-order chi connectivity index (χ0) is 22.5. The Labute approximate surface area is 176 Å². The molecule has 156 valence electrons. The molecule has 0 radical (unpaired) electrons. The lowest BCUT2D eigenvalue weighted by molar-refractivity contribution is -0.486. The minimum atomic E-state index is -1.10. The number of carbonyl (C=O) groups is 1. The number of aryl methyl sites for hydroxylation is 1. The van der Waals surface area contributed by atoms with Crippen molar-refractivity contribution in [3.63, 3.8) is 0 Å². The maximum atomic E-state index is 14.4. The molecule has 1 N–H and O–H groups in total. The van der Waals surface area contributed by atoms with Gasteiger partial charge in [0.1, 0.15) is 29.7 Å². The van der Waals surface area contributed by atoms with Crippen LogP contribution in [0, 0.1) is 29.9 Å². The van der Waals surface area contributed by atoms with Crippen LogP contribution in [0.15, 0.2) is 35.3 Å². The first-order chi connectivity index (χ1) is 14.7. The number of halogens is 2. The summed E-state index contributed by atoms with van der Waals surface area (Å²) in [5.74, 6) is -1.59. The number of aromatic amines is 1. The number of pyridine rings is 2. The second kappa shape index (κ2) is 7.20. The summed E-state index contributed by atoms with van der Waals surface area (Å²) >= 11 is 0. The summed E-state index contributed by atoms with van der Waals surface area (Å²) in [5.41, 5.74) is -0.163. The zero-order valence-corrected chi connectivity index (χ0v) is 17.0. The molecule has 1 fully saturated rings. The average Bonchev–Trinajstić information content (AvgIpc) is 3.54. The van der Waals surface area contributed by atoms with Crippen LogP contribution in [0.1, 0.15) is 48.2 Å². The maximum Gasteiger partial charge on any atom is 0.397 e. The third-order valence-corrected chi connectivity index (χ3v) is 6.00. The molecule has 8 heteroatoms. The Balaban J connectivity index is 1.75. The third kappa shape index (κ3) is 3.22. The van der Waals surface area contributed by atoms with Gasteiger partial charge in [-0.05, 0) is 49.6 Å². The van der Waals surface area contributed by atoms with Gasteiger partial charge in [-0.2, -0.15) is 9.84 Å². The van der Waals surface area contributed by atoms with Crippen molar-refractivity contribution in [1.82, 2.24) is 9.97 Å². The molecular formula is C23H19F2N4O2+. The molecule has 4 rings (SSSR count). The lowest BCUT2D eigenvalue weighted by atomic mass is 9.89. The fourth-order valence-electron chi connectivity index (χ4n) is 4.11. The van der Waals surface area contributed by atoms with Crippen LogP contribution in [0.2, 0.25) is 0 Å². The number of H-pyrrole nitrogens is 1. The van der Waals surface area contributed by atoms with Crippen molar-refractivity contribution in [2.24, 2.45) is 0 Å². The normalized spacial score (nSPS) is 15.3. The lowest BCUT2D eigenvalue weighted by Crippen LogP contribution is -2.38. The molecule has 1 aliphatic rings. The minimum absolute atomic E-state index is 0.0237. The van der Waals surface area contributed by atoms with Gasteiger partial charge in [0.15, 0.2) is 5.82 Å². The highest BCUT2D eigenvalue weighted by atomic mass is 19.1. The zero-order valence-electron chi connectivity index (χ0n) is 17.0. The highest BCUT2D eigenvalue weighted by Gasteiger charge is 2.60. The molecule has 31 heavy (non-hydrogen) atoms. The summed E-state index contributed by atoms with van der Waals surface area (Å²) in [6.45, 7) is 7.07. The topological polar surface area (TPSA) is 89.6 Å². The van der Waals surface area contributed by atoms with Crippen LogP contribution in [0.4, 0.5) is 8.78 Å². The second-order valence-corrected chi connectivity index (χ2v) is 7.88. The molecule has 1 saturated carbocycles. The highest BCUT2D eigenvalue weighted by Crippen LogP contribution is 2.50. The lowest BCUT2D eigenvalue weighted by Gasteiger charge is -2.17. The Morgan fingerprint density at radius 1 is 1.35 bits per heavy atom. The molecule has 2 aromatic heterocycles. The molecule has 0 saturated heterocycles. The van der Waals surface area contributed by atoms with Gasteiger partial charge in [0.2, 0.25) is 6.04 Å². The largest absolute Gasteiger partial charge is 0.397 e. The van der Waals surface area contributed by atoms with E-state index in [1.165, 1.54) is 24.4 Å². The maximum absolute atomic E-state index is 14.4. The Morgan fingerprint density at radius 2 is 2.06 bits per heavy atom. The molecular weight excluding hydrogens is 402 g/mol. The number of nitriles is 1. The van der Waals surface area contributed by atoms with Gasteiger partial charge in [0.25, 0.3) is 5.56 Å². The predicted octanol–water partition coefficient (Wildman–Crippen LogP) is 3.41. The van der Waals surface area contributed by atoms with E-state index in [2.05, 4.69) is 16.7 Å². The van der Waals surface area contributed by atoms with E-state index < -0.39 is 34.6 Å². The van der Waals surface area contributed by atoms with Gasteiger partial charge in [-0.1, -0.05) is 0 Å². The van der Waals surface area contributed by atoms with Crippen molar-refractivity contribution in [3.8, 4) is 6.07 Å². The smallest absolute Gasteiger partial charge is 0.322 e. The number of hydrogen-bond donors (Lipinski definition) is 1. The van der Waals surface area contributed by atoms with Crippen LogP contribution in [0.3, 0.4) is 0 Å². The SMILES string of the molecule is C=[N+](C(=O)C1(c2c(C)c3cc(F)ccc3[nH]c2=O)CC1)[C@@H](C)c1ncc(C#N)cc1F. The van der Waals surface area contributed by atoms with Gasteiger partial charge >= 0.3 is 5.91 Å². The summed E-state index contributed by atoms with van der Waals surface area (Å²) in [5, 5.41) is 9.41. The number of carbonyl (C=O) groups excluding carboxylic acids is 1. The Morgan fingerprint density at radius 3 is 2.68 bits per heavy atom. The monoisotopic (exact) mass is 421 g/mol. The number of hydrogen-bond acceptors (Lipinski definition) is 4. The molecule has 0 unspecified atom stereocenters. The van der Waals surface area contributed by atoms with Crippen LogP contribution < -0.4 is 5.56 Å². The average molecular weight is 421 g/mol. The minimum Gasteiger partial charge on any atom is -0.322 e. The summed E-state index contributed by atoms with van der Waals surface area (Å²) in [6.07, 6.45) is 2.09. The van der Waals surface area contributed by atoms with Crippen molar-refractivity contribution < 1.29 is 18.2 Å². The van der Waals surface area contributed by atoms with Gasteiger partial charge in [-0.3, -0.25) is 4.79 Å². The molecule has 0 bridgehead atoms. The number of nitrogens with one attached hydrogen (secondary N) is 1. The molecule has 6 nitrogen and oxygen atoms in total. The Bertz CT molecular complexity index is 1370. The number of aromatic nitrogens is 2. The highest BCUT2D eigenvalue weighted by molar-refractivity contribution is 5.90. The summed E-state index contributed by atoms with van der Waals surface area (Å²) in [4.78, 5) is 33.0. The molecule has 0 aliphatic heterocycles. The van der Waals surface area contributed by atoms with Crippen LogP contribution in [-0.2, 0) is 10.2 Å². The van der Waals surface area contributed by atoms with E-state index in [0.717, 1.165) is 10.6 Å². The standard InChI is InChI=1S/C23H18F2N4O2/c1-12-16-9-15(24)4-5-18(16)28-21(30)19(12)23(6-7-23)22(31)29(3)13(2)20-17(25)8-14(10-26)11-27-20/h4-5,8-9,11,13H,3,6-7H2,1-2H3/p+1/t13-/m0/s1. The number of nitrogens with zero attached hydrogens (tertiary/aromatic N) is 3. The third-order valence-electron chi connectivity index (χ3n) is 6.00. The van der Waals surface area contributed by atoms with Crippen molar-refractivity contribution in [2.75, 3.05) is 0 Å². The summed E-state index contributed by atoms with van der Waals surface area (Å²) in [6, 6.07) is 6.11.